The van der Waals surface area contributed by atoms with E-state index in [1.54, 1.807) is 11.3 Å². The van der Waals surface area contributed by atoms with E-state index in [9.17, 15) is 5.11 Å². The second-order valence-corrected chi connectivity index (χ2v) is 7.09. The summed E-state index contributed by atoms with van der Waals surface area (Å²) in [5.41, 5.74) is 0. The van der Waals surface area contributed by atoms with E-state index < -0.39 is 6.10 Å². The van der Waals surface area contributed by atoms with Gasteiger partial charge in [0.05, 0.1) is 3.79 Å². The average molecular weight is 357 g/mol. The quantitative estimate of drug-likeness (QED) is 0.845. The van der Waals surface area contributed by atoms with Crippen molar-refractivity contribution in [3.63, 3.8) is 0 Å². The van der Waals surface area contributed by atoms with Crippen LogP contribution in [0.5, 0.6) is 0 Å². The van der Waals surface area contributed by atoms with Gasteiger partial charge < -0.3 is 10.4 Å². The predicted molar refractivity (Wildman–Crippen MR) is 72.4 cm³/mol. The van der Waals surface area contributed by atoms with Crippen molar-refractivity contribution in [3.05, 3.63) is 19.2 Å². The van der Waals surface area contributed by atoms with Crippen LogP contribution in [0, 0.1) is 5.92 Å². The molecule has 0 aliphatic heterocycles. The van der Waals surface area contributed by atoms with Crippen molar-refractivity contribution in [1.82, 2.24) is 5.32 Å². The van der Waals surface area contributed by atoms with Crippen LogP contribution in [-0.2, 0) is 0 Å². The Morgan fingerprint density at radius 3 is 2.53 bits per heavy atom. The zero-order valence-electron chi connectivity index (χ0n) is 8.76. The number of hydrogen-bond donors (Lipinski definition) is 2. The maximum Gasteiger partial charge on any atom is 0.101 e. The summed E-state index contributed by atoms with van der Waals surface area (Å²) in [4.78, 5) is 0.977. The molecule has 1 unspecified atom stereocenters. The largest absolute Gasteiger partial charge is 0.386 e. The lowest BCUT2D eigenvalue weighted by Crippen LogP contribution is -2.24. The maximum absolute atomic E-state index is 9.88. The Kier molecular flexibility index (Phi) is 5.77. The summed E-state index contributed by atoms with van der Waals surface area (Å²) in [5, 5.41) is 13.1. The highest BCUT2D eigenvalue weighted by Gasteiger charge is 2.12. The Hall–Kier alpha value is 0.580. The van der Waals surface area contributed by atoms with Gasteiger partial charge in [0.25, 0.3) is 0 Å². The molecule has 1 heterocycles. The summed E-state index contributed by atoms with van der Waals surface area (Å²) in [7, 11) is 0. The molecule has 2 nitrogen and oxygen atoms in total. The van der Waals surface area contributed by atoms with Crippen molar-refractivity contribution in [2.75, 3.05) is 13.1 Å². The van der Waals surface area contributed by atoms with Crippen molar-refractivity contribution < 1.29 is 5.11 Å². The van der Waals surface area contributed by atoms with Gasteiger partial charge in [0, 0.05) is 15.9 Å². The number of nitrogens with one attached hydrogen (secondary N) is 1. The number of thiophene rings is 1. The summed E-state index contributed by atoms with van der Waals surface area (Å²) in [5.74, 6) is 0.610. The molecule has 0 saturated carbocycles. The van der Waals surface area contributed by atoms with Gasteiger partial charge in [0.1, 0.15) is 6.10 Å². The molecule has 2 N–H and O–H groups in total. The number of rotatable bonds is 5. The van der Waals surface area contributed by atoms with Crippen LogP contribution in [-0.4, -0.2) is 18.2 Å². The molecule has 0 aliphatic carbocycles. The highest BCUT2D eigenvalue weighted by atomic mass is 79.9. The summed E-state index contributed by atoms with van der Waals surface area (Å²) < 4.78 is 2.03. The lowest BCUT2D eigenvalue weighted by molar-refractivity contribution is 0.177. The first-order valence-electron chi connectivity index (χ1n) is 4.84. The highest BCUT2D eigenvalue weighted by molar-refractivity contribution is 9.13. The van der Waals surface area contributed by atoms with Crippen LogP contribution in [0.25, 0.3) is 0 Å². The summed E-state index contributed by atoms with van der Waals surface area (Å²) in [6.45, 7) is 5.84. The van der Waals surface area contributed by atoms with Gasteiger partial charge in [-0.05, 0) is 50.4 Å². The molecule has 1 rings (SSSR count). The van der Waals surface area contributed by atoms with Crippen molar-refractivity contribution in [1.29, 1.82) is 0 Å². The molecule has 1 atom stereocenters. The van der Waals surface area contributed by atoms with E-state index in [-0.39, 0.29) is 0 Å². The summed E-state index contributed by atoms with van der Waals surface area (Å²) >= 11 is 8.38. The van der Waals surface area contributed by atoms with Crippen molar-refractivity contribution >= 4 is 43.2 Å². The van der Waals surface area contributed by atoms with E-state index in [1.807, 2.05) is 6.07 Å². The molecule has 0 aliphatic rings. The Morgan fingerprint density at radius 1 is 1.40 bits per heavy atom. The lowest BCUT2D eigenvalue weighted by atomic mass is 10.2. The molecule has 1 aromatic heterocycles. The second kappa shape index (κ2) is 6.35. The van der Waals surface area contributed by atoms with Gasteiger partial charge in [0.2, 0.25) is 0 Å². The zero-order valence-corrected chi connectivity index (χ0v) is 12.7. The topological polar surface area (TPSA) is 32.3 Å². The minimum absolute atomic E-state index is 0.420. The van der Waals surface area contributed by atoms with Gasteiger partial charge in [-0.3, -0.25) is 0 Å². The molecular weight excluding hydrogens is 342 g/mol. The smallest absolute Gasteiger partial charge is 0.101 e. The SMILES string of the molecule is CC(C)CNCC(O)c1cc(Br)c(Br)s1. The predicted octanol–water partition coefficient (Wildman–Crippen LogP) is 3.55. The molecule has 0 bridgehead atoms. The van der Waals surface area contributed by atoms with Gasteiger partial charge >= 0.3 is 0 Å². The van der Waals surface area contributed by atoms with Crippen molar-refractivity contribution in [3.8, 4) is 0 Å². The van der Waals surface area contributed by atoms with Crippen molar-refractivity contribution in [2.24, 2.45) is 5.92 Å². The van der Waals surface area contributed by atoms with Crippen LogP contribution in [0.1, 0.15) is 24.8 Å². The van der Waals surface area contributed by atoms with Crippen LogP contribution in [0.4, 0.5) is 0 Å². The Morgan fingerprint density at radius 2 is 2.07 bits per heavy atom. The Bertz CT molecular complexity index is 295. The van der Waals surface area contributed by atoms with Crippen LogP contribution in [0.15, 0.2) is 14.3 Å². The first-order valence-corrected chi connectivity index (χ1v) is 7.24. The number of halogens is 2. The fraction of sp³-hybridized carbons (Fsp3) is 0.600. The molecule has 0 aromatic carbocycles. The molecule has 86 valence electrons. The number of hydrogen-bond acceptors (Lipinski definition) is 3. The van der Waals surface area contributed by atoms with Gasteiger partial charge in [-0.25, -0.2) is 0 Å². The fourth-order valence-electron chi connectivity index (χ4n) is 1.14. The Balaban J connectivity index is 2.43. The molecule has 0 radical (unpaired) electrons. The molecule has 0 amide bonds. The van der Waals surface area contributed by atoms with E-state index in [1.165, 1.54) is 0 Å². The first-order chi connectivity index (χ1) is 7.00. The van der Waals surface area contributed by atoms with E-state index in [0.717, 1.165) is 19.7 Å². The third kappa shape index (κ3) is 4.53. The summed E-state index contributed by atoms with van der Waals surface area (Å²) in [6.07, 6.45) is -0.420. The van der Waals surface area contributed by atoms with Crippen molar-refractivity contribution in [2.45, 2.75) is 20.0 Å². The minimum Gasteiger partial charge on any atom is -0.386 e. The number of aliphatic hydroxyl groups is 1. The van der Waals surface area contributed by atoms with Gasteiger partial charge in [-0.2, -0.15) is 0 Å². The lowest BCUT2D eigenvalue weighted by Gasteiger charge is -2.11. The molecular formula is C10H15Br2NOS. The molecule has 0 fully saturated rings. The van der Waals surface area contributed by atoms with Crippen LogP contribution < -0.4 is 5.32 Å². The van der Waals surface area contributed by atoms with E-state index >= 15 is 0 Å². The first kappa shape index (κ1) is 13.6. The monoisotopic (exact) mass is 355 g/mol. The molecule has 0 saturated heterocycles. The normalized spacial score (nSPS) is 13.5. The van der Waals surface area contributed by atoms with Gasteiger partial charge in [-0.1, -0.05) is 13.8 Å². The molecule has 5 heteroatoms. The summed E-state index contributed by atoms with van der Waals surface area (Å²) in [6, 6.07) is 1.95. The third-order valence-corrected chi connectivity index (χ3v) is 5.24. The van der Waals surface area contributed by atoms with E-state index in [2.05, 4.69) is 51.0 Å². The fourth-order valence-corrected chi connectivity index (χ4v) is 3.21. The highest BCUT2D eigenvalue weighted by Crippen LogP contribution is 2.35. The van der Waals surface area contributed by atoms with Gasteiger partial charge in [0.15, 0.2) is 0 Å². The molecule has 1 aromatic rings. The maximum atomic E-state index is 9.88. The standard InChI is InChI=1S/C10H15Br2NOS/c1-6(2)4-13-5-8(14)9-3-7(11)10(12)15-9/h3,6,8,13-14H,4-5H2,1-2H3. The molecule has 15 heavy (non-hydrogen) atoms. The van der Waals surface area contributed by atoms with Crippen LogP contribution in [0.2, 0.25) is 0 Å². The average Bonchev–Trinajstić information content (AvgIpc) is 2.46. The molecule has 0 spiro atoms. The number of aliphatic hydroxyl groups excluding tert-OH is 1. The van der Waals surface area contributed by atoms with E-state index in [4.69, 9.17) is 0 Å². The van der Waals surface area contributed by atoms with Crippen LogP contribution >= 0.6 is 43.2 Å². The Labute approximate surface area is 111 Å². The minimum atomic E-state index is -0.420. The van der Waals surface area contributed by atoms with Gasteiger partial charge in [-0.15, -0.1) is 11.3 Å². The van der Waals surface area contributed by atoms with E-state index in [0.29, 0.717) is 12.5 Å². The third-order valence-electron chi connectivity index (χ3n) is 1.88. The second-order valence-electron chi connectivity index (χ2n) is 3.84. The van der Waals surface area contributed by atoms with Crippen LogP contribution in [0.3, 0.4) is 0 Å². The zero-order chi connectivity index (χ0) is 11.4.